The van der Waals surface area contributed by atoms with Gasteiger partial charge in [0.15, 0.2) is 11.5 Å². The van der Waals surface area contributed by atoms with E-state index >= 15 is 0 Å². The molecule has 0 fully saturated rings. The molecule has 2 atom stereocenters. The lowest BCUT2D eigenvalue weighted by molar-refractivity contribution is -0.134. The van der Waals surface area contributed by atoms with Crippen LogP contribution in [-0.2, 0) is 15.9 Å². The van der Waals surface area contributed by atoms with Gasteiger partial charge in [-0.05, 0) is 47.9 Å². The minimum Gasteiger partial charge on any atom is -0.482 e. The van der Waals surface area contributed by atoms with E-state index in [1.54, 1.807) is 13.1 Å². The van der Waals surface area contributed by atoms with Gasteiger partial charge in [0.1, 0.15) is 11.4 Å². The Morgan fingerprint density at radius 3 is 2.50 bits per heavy atom. The number of ether oxygens (including phenoxy) is 1. The molecule has 0 aromatic heterocycles. The topological polar surface area (TPSA) is 91.7 Å². The quantitative estimate of drug-likeness (QED) is 0.678. The third-order valence-corrected chi connectivity index (χ3v) is 6.37. The maximum Gasteiger partial charge on any atom is 0.261 e. The Morgan fingerprint density at radius 2 is 1.81 bits per heavy atom. The average molecular weight is 422 g/mol. The number of hydrogen-bond acceptors (Lipinski definition) is 5. The summed E-state index contributed by atoms with van der Waals surface area (Å²) in [6.07, 6.45) is 0.322. The first-order valence-electron chi connectivity index (χ1n) is 10.4. The molecule has 2 aliphatic rings. The molecule has 0 aliphatic carbocycles. The second kappa shape index (κ2) is 6.96. The van der Waals surface area contributed by atoms with Gasteiger partial charge in [-0.25, -0.2) is 4.99 Å². The molecule has 0 saturated carbocycles. The predicted molar refractivity (Wildman–Crippen MR) is 122 cm³/mol. The van der Waals surface area contributed by atoms with Crippen LogP contribution in [0.2, 0.25) is 0 Å². The molecule has 1 amide bonds. The number of likely N-dealkylation sites (N-methyl/N-ethyl adjacent to an activating group) is 1. The highest BCUT2D eigenvalue weighted by molar-refractivity contribution is 6.07. The minimum atomic E-state index is -1.18. The van der Waals surface area contributed by atoms with Crippen LogP contribution in [0.5, 0.6) is 5.75 Å². The summed E-state index contributed by atoms with van der Waals surface area (Å²) in [5.41, 5.74) is 8.16. The number of aliphatic imine (C=N–C) groups is 1. The van der Waals surface area contributed by atoms with Crippen molar-refractivity contribution in [3.8, 4) is 22.9 Å². The Kier molecular flexibility index (Phi) is 4.31. The highest BCUT2D eigenvalue weighted by Gasteiger charge is 2.57. The van der Waals surface area contributed by atoms with E-state index in [2.05, 4.69) is 6.07 Å². The lowest BCUT2D eigenvalue weighted by Gasteiger charge is -2.43. The number of nitrogens with two attached hydrogens (primary N) is 1. The summed E-state index contributed by atoms with van der Waals surface area (Å²) in [6, 6.07) is 25.2. The zero-order valence-corrected chi connectivity index (χ0v) is 17.9. The van der Waals surface area contributed by atoms with Gasteiger partial charge in [0.2, 0.25) is 0 Å². The molecular formula is C26H22N4O2. The Hall–Kier alpha value is -4.11. The third kappa shape index (κ3) is 2.86. The van der Waals surface area contributed by atoms with E-state index in [1.165, 1.54) is 4.90 Å². The number of fused-ring (bicyclic) bond motifs is 2. The number of carbonyl (C=O) groups is 1. The average Bonchev–Trinajstić information content (AvgIpc) is 3.03. The molecule has 6 heteroatoms. The number of nitriles is 1. The molecule has 32 heavy (non-hydrogen) atoms. The second-order valence-corrected chi connectivity index (χ2v) is 8.47. The maximum absolute atomic E-state index is 13.6. The van der Waals surface area contributed by atoms with E-state index in [-0.39, 0.29) is 11.9 Å². The monoisotopic (exact) mass is 422 g/mol. The van der Waals surface area contributed by atoms with E-state index in [0.717, 1.165) is 16.7 Å². The van der Waals surface area contributed by atoms with E-state index in [9.17, 15) is 10.1 Å². The summed E-state index contributed by atoms with van der Waals surface area (Å²) in [6.45, 7) is 1.98. The van der Waals surface area contributed by atoms with Crippen molar-refractivity contribution in [2.45, 2.75) is 24.5 Å². The number of rotatable bonds is 2. The first-order chi connectivity index (χ1) is 15.4. The normalized spacial score (nSPS) is 24.0. The number of amides is 1. The van der Waals surface area contributed by atoms with Gasteiger partial charge >= 0.3 is 0 Å². The third-order valence-electron chi connectivity index (χ3n) is 6.37. The van der Waals surface area contributed by atoms with Gasteiger partial charge in [-0.1, -0.05) is 48.5 Å². The van der Waals surface area contributed by atoms with Gasteiger partial charge in [0, 0.05) is 19.0 Å². The van der Waals surface area contributed by atoms with Crippen molar-refractivity contribution in [2.24, 2.45) is 10.7 Å². The van der Waals surface area contributed by atoms with Crippen molar-refractivity contribution >= 4 is 11.9 Å². The fraction of sp³-hybridized carbons (Fsp3) is 0.192. The van der Waals surface area contributed by atoms with Crippen LogP contribution in [0.15, 0.2) is 77.8 Å². The van der Waals surface area contributed by atoms with Crippen LogP contribution < -0.4 is 10.5 Å². The van der Waals surface area contributed by atoms with Gasteiger partial charge < -0.3 is 10.5 Å². The Labute approximate surface area is 186 Å². The van der Waals surface area contributed by atoms with E-state index in [0.29, 0.717) is 23.3 Å². The first-order valence-corrected chi connectivity index (χ1v) is 10.4. The van der Waals surface area contributed by atoms with Gasteiger partial charge in [-0.15, -0.1) is 0 Å². The highest BCUT2D eigenvalue weighted by Crippen LogP contribution is 2.52. The summed E-state index contributed by atoms with van der Waals surface area (Å²) >= 11 is 0. The number of carbonyl (C=O) groups excluding carboxylic acids is 1. The van der Waals surface area contributed by atoms with Crippen LogP contribution in [0.25, 0.3) is 11.1 Å². The second-order valence-electron chi connectivity index (χ2n) is 8.47. The summed E-state index contributed by atoms with van der Waals surface area (Å²) in [7, 11) is 1.64. The summed E-state index contributed by atoms with van der Waals surface area (Å²) < 4.78 is 6.51. The smallest absolute Gasteiger partial charge is 0.261 e. The summed E-state index contributed by atoms with van der Waals surface area (Å²) in [4.78, 5) is 19.7. The zero-order chi connectivity index (χ0) is 22.5. The van der Waals surface area contributed by atoms with Crippen molar-refractivity contribution in [1.29, 1.82) is 5.26 Å². The van der Waals surface area contributed by atoms with Gasteiger partial charge in [0.05, 0.1) is 11.6 Å². The molecule has 2 N–H and O–H groups in total. The van der Waals surface area contributed by atoms with E-state index < -0.39 is 11.1 Å². The highest BCUT2D eigenvalue weighted by atomic mass is 16.5. The number of benzene rings is 3. The maximum atomic E-state index is 13.6. The number of hydrogen-bond donors (Lipinski definition) is 1. The minimum absolute atomic E-state index is 0.176. The molecule has 0 radical (unpaired) electrons. The summed E-state index contributed by atoms with van der Waals surface area (Å²) in [5.74, 6) is 0.614. The molecule has 2 unspecified atom stereocenters. The van der Waals surface area contributed by atoms with Crippen LogP contribution in [-0.4, -0.2) is 23.8 Å². The molecule has 2 heterocycles. The molecule has 3 aromatic carbocycles. The lowest BCUT2D eigenvalue weighted by atomic mass is 9.74. The molecule has 2 aliphatic heterocycles. The van der Waals surface area contributed by atoms with Crippen LogP contribution in [0.1, 0.15) is 30.0 Å². The Morgan fingerprint density at radius 1 is 1.06 bits per heavy atom. The Balaban J connectivity index is 1.71. The van der Waals surface area contributed by atoms with Crippen LogP contribution >= 0.6 is 0 Å². The molecule has 0 saturated heterocycles. The van der Waals surface area contributed by atoms with Crippen molar-refractivity contribution in [1.82, 2.24) is 4.90 Å². The fourth-order valence-corrected chi connectivity index (χ4v) is 4.69. The molecule has 0 bridgehead atoms. The molecule has 5 rings (SSSR count). The zero-order valence-electron chi connectivity index (χ0n) is 17.9. The van der Waals surface area contributed by atoms with Crippen molar-refractivity contribution in [3.63, 3.8) is 0 Å². The molecular weight excluding hydrogens is 400 g/mol. The van der Waals surface area contributed by atoms with Crippen LogP contribution in [0.3, 0.4) is 0 Å². The molecule has 1 spiro atoms. The van der Waals surface area contributed by atoms with Crippen molar-refractivity contribution in [3.05, 3.63) is 89.5 Å². The van der Waals surface area contributed by atoms with Crippen molar-refractivity contribution in [2.75, 3.05) is 7.05 Å². The number of nitrogens with zero attached hydrogens (tertiary/aromatic N) is 3. The fourth-order valence-electron chi connectivity index (χ4n) is 4.69. The van der Waals surface area contributed by atoms with Crippen LogP contribution in [0.4, 0.5) is 0 Å². The van der Waals surface area contributed by atoms with Gasteiger partial charge in [-0.2, -0.15) is 5.26 Å². The van der Waals surface area contributed by atoms with Crippen LogP contribution in [0, 0.1) is 11.3 Å². The lowest BCUT2D eigenvalue weighted by Crippen LogP contribution is -2.49. The molecule has 3 aromatic rings. The largest absolute Gasteiger partial charge is 0.482 e. The summed E-state index contributed by atoms with van der Waals surface area (Å²) in [5, 5.41) is 9.28. The first kappa shape index (κ1) is 19.8. The Bertz CT molecular complexity index is 1310. The standard InChI is InChI=1S/C26H22N4O2/c1-25(20-9-4-3-5-10-20)16-26(23(31)30(2)24(28)29-26)21-14-19(11-12-22(21)32-25)18-8-6-7-17(13-18)15-27/h3-14H,16H2,1-2H3,(H2,28,29). The predicted octanol–water partition coefficient (Wildman–Crippen LogP) is 3.91. The van der Waals surface area contributed by atoms with E-state index in [1.807, 2.05) is 73.7 Å². The van der Waals surface area contributed by atoms with Gasteiger partial charge in [0.25, 0.3) is 5.91 Å². The van der Waals surface area contributed by atoms with Gasteiger partial charge in [-0.3, -0.25) is 9.69 Å². The van der Waals surface area contributed by atoms with Crippen molar-refractivity contribution < 1.29 is 9.53 Å². The SMILES string of the molecule is CN1C(=O)C2(CC(C)(c3ccccc3)Oc3ccc(-c4cccc(C#N)c4)cc32)N=C1N. The van der Waals surface area contributed by atoms with E-state index in [4.69, 9.17) is 15.5 Å². The molecule has 6 nitrogen and oxygen atoms in total. The number of guanidine groups is 1. The molecule has 158 valence electrons.